The third-order valence-electron chi connectivity index (χ3n) is 2.92. The summed E-state index contributed by atoms with van der Waals surface area (Å²) < 4.78 is 0. The molecule has 0 radical (unpaired) electrons. The third kappa shape index (κ3) is 1.97. The number of rotatable bonds is 1. The fourth-order valence-electron chi connectivity index (χ4n) is 1.77. The van der Waals surface area contributed by atoms with Gasteiger partial charge in [-0.3, -0.25) is 4.98 Å². The molecule has 0 saturated carbocycles. The van der Waals surface area contributed by atoms with Gasteiger partial charge in [0.25, 0.3) is 0 Å². The third-order valence-corrected chi connectivity index (χ3v) is 2.92. The molecule has 2 aromatic heterocycles. The number of hydrogen-bond acceptors (Lipinski definition) is 1. The second-order valence-corrected chi connectivity index (χ2v) is 5.79. The normalized spacial score (nSPS) is 12.6. The summed E-state index contributed by atoms with van der Waals surface area (Å²) in [6.45, 7) is 11.0. The Morgan fingerprint density at radius 2 is 1.88 bits per heavy atom. The number of nitrogens with zero attached hydrogens (tertiary/aromatic N) is 1. The molecule has 0 aliphatic rings. The van der Waals surface area contributed by atoms with E-state index in [-0.39, 0.29) is 5.41 Å². The minimum Gasteiger partial charge on any atom is -0.358 e. The summed E-state index contributed by atoms with van der Waals surface area (Å²) in [5, 5.41) is 1.21. The molecule has 0 bridgehead atoms. The Morgan fingerprint density at radius 1 is 1.19 bits per heavy atom. The quantitative estimate of drug-likeness (QED) is 0.767. The lowest BCUT2D eigenvalue weighted by Crippen LogP contribution is -2.12. The van der Waals surface area contributed by atoms with Gasteiger partial charge in [-0.15, -0.1) is 0 Å². The first kappa shape index (κ1) is 11.2. The van der Waals surface area contributed by atoms with E-state index in [1.54, 1.807) is 0 Å². The summed E-state index contributed by atoms with van der Waals surface area (Å²) >= 11 is 0. The molecule has 2 heterocycles. The molecule has 2 nitrogen and oxygen atoms in total. The molecule has 0 spiro atoms. The lowest BCUT2D eigenvalue weighted by molar-refractivity contribution is 0.570. The Hall–Kier alpha value is -1.31. The Bertz CT molecular complexity index is 501. The van der Waals surface area contributed by atoms with Crippen LogP contribution in [0.4, 0.5) is 0 Å². The number of pyridine rings is 1. The van der Waals surface area contributed by atoms with Crippen LogP contribution in [-0.4, -0.2) is 9.97 Å². The van der Waals surface area contributed by atoms with Crippen molar-refractivity contribution in [1.82, 2.24) is 9.97 Å². The van der Waals surface area contributed by atoms with E-state index in [4.69, 9.17) is 0 Å². The van der Waals surface area contributed by atoms with Gasteiger partial charge in [-0.2, -0.15) is 0 Å². The Kier molecular flexibility index (Phi) is 2.53. The van der Waals surface area contributed by atoms with Gasteiger partial charge in [-0.1, -0.05) is 34.6 Å². The minimum absolute atomic E-state index is 0.108. The number of nitrogens with one attached hydrogen (secondary N) is 1. The first-order valence-corrected chi connectivity index (χ1v) is 5.87. The van der Waals surface area contributed by atoms with Crippen LogP contribution in [0, 0.1) is 0 Å². The van der Waals surface area contributed by atoms with E-state index in [1.165, 1.54) is 16.6 Å². The molecule has 0 fully saturated rings. The van der Waals surface area contributed by atoms with E-state index in [0.717, 1.165) is 5.69 Å². The van der Waals surface area contributed by atoms with Crippen LogP contribution in [0.15, 0.2) is 18.3 Å². The van der Waals surface area contributed by atoms with Gasteiger partial charge in [0.05, 0.1) is 0 Å². The molecule has 2 aromatic rings. The van der Waals surface area contributed by atoms with Crippen LogP contribution in [0.25, 0.3) is 10.9 Å². The molecule has 0 unspecified atom stereocenters. The van der Waals surface area contributed by atoms with Crippen molar-refractivity contribution in [2.24, 2.45) is 0 Å². The second-order valence-electron chi connectivity index (χ2n) is 5.79. The molecular weight excluding hydrogens is 196 g/mol. The number of aromatic amines is 1. The molecule has 0 aliphatic carbocycles. The van der Waals surface area contributed by atoms with Crippen LogP contribution in [0.2, 0.25) is 0 Å². The number of hydrogen-bond donors (Lipinski definition) is 1. The first-order valence-electron chi connectivity index (χ1n) is 5.87. The van der Waals surface area contributed by atoms with Crippen LogP contribution in [-0.2, 0) is 5.41 Å². The molecule has 86 valence electrons. The molecular formula is C14H20N2. The highest BCUT2D eigenvalue weighted by molar-refractivity contribution is 5.80. The van der Waals surface area contributed by atoms with Gasteiger partial charge in [-0.05, 0) is 18.1 Å². The summed E-state index contributed by atoms with van der Waals surface area (Å²) in [5.41, 5.74) is 3.72. The van der Waals surface area contributed by atoms with Crippen molar-refractivity contribution in [3.8, 4) is 0 Å². The average molecular weight is 216 g/mol. The highest BCUT2D eigenvalue weighted by Gasteiger charge is 2.16. The predicted molar refractivity (Wildman–Crippen MR) is 68.9 cm³/mol. The van der Waals surface area contributed by atoms with Gasteiger partial charge >= 0.3 is 0 Å². The fourth-order valence-corrected chi connectivity index (χ4v) is 1.77. The topological polar surface area (TPSA) is 28.7 Å². The maximum Gasteiger partial charge on any atom is 0.0490 e. The number of H-pyrrole nitrogens is 1. The van der Waals surface area contributed by atoms with Gasteiger partial charge in [-0.25, -0.2) is 0 Å². The molecule has 16 heavy (non-hydrogen) atoms. The standard InChI is InChI=1S/C14H20N2/c1-9(2)11-6-10-8-15-13(14(3,4)5)7-12(10)16-11/h6-9,16H,1-5H3. The van der Waals surface area contributed by atoms with E-state index in [2.05, 4.69) is 56.7 Å². The molecule has 0 aromatic carbocycles. The number of fused-ring (bicyclic) bond motifs is 1. The SMILES string of the molecule is CC(C)c1cc2cnc(C(C)(C)C)cc2[nH]1. The summed E-state index contributed by atoms with van der Waals surface area (Å²) in [4.78, 5) is 8.00. The van der Waals surface area contributed by atoms with Gasteiger partial charge in [0.1, 0.15) is 0 Å². The van der Waals surface area contributed by atoms with Crippen LogP contribution >= 0.6 is 0 Å². The predicted octanol–water partition coefficient (Wildman–Crippen LogP) is 3.98. The smallest absolute Gasteiger partial charge is 0.0490 e. The van der Waals surface area contributed by atoms with Crippen LogP contribution in [0.1, 0.15) is 51.9 Å². The maximum atomic E-state index is 4.53. The van der Waals surface area contributed by atoms with Crippen molar-refractivity contribution < 1.29 is 0 Å². The highest BCUT2D eigenvalue weighted by atomic mass is 14.8. The molecule has 1 N–H and O–H groups in total. The monoisotopic (exact) mass is 216 g/mol. The van der Waals surface area contributed by atoms with Crippen molar-refractivity contribution in [2.75, 3.05) is 0 Å². The van der Waals surface area contributed by atoms with Crippen LogP contribution in [0.5, 0.6) is 0 Å². The van der Waals surface area contributed by atoms with Crippen molar-refractivity contribution in [1.29, 1.82) is 0 Å². The molecule has 0 aliphatic heterocycles. The minimum atomic E-state index is 0.108. The summed E-state index contributed by atoms with van der Waals surface area (Å²) in [6.07, 6.45) is 1.97. The summed E-state index contributed by atoms with van der Waals surface area (Å²) in [5.74, 6) is 0.533. The lowest BCUT2D eigenvalue weighted by Gasteiger charge is -2.17. The highest BCUT2D eigenvalue weighted by Crippen LogP contribution is 2.25. The number of aromatic nitrogens is 2. The van der Waals surface area contributed by atoms with Crippen molar-refractivity contribution >= 4 is 10.9 Å². The van der Waals surface area contributed by atoms with Gasteiger partial charge in [0.15, 0.2) is 0 Å². The summed E-state index contributed by atoms with van der Waals surface area (Å²) in [7, 11) is 0. The van der Waals surface area contributed by atoms with E-state index < -0.39 is 0 Å². The first-order chi connectivity index (χ1) is 7.38. The largest absolute Gasteiger partial charge is 0.358 e. The zero-order valence-corrected chi connectivity index (χ0v) is 10.8. The average Bonchev–Trinajstić information content (AvgIpc) is 2.58. The van der Waals surface area contributed by atoms with E-state index in [9.17, 15) is 0 Å². The zero-order chi connectivity index (χ0) is 11.9. The Balaban J connectivity index is 2.54. The molecule has 0 saturated heterocycles. The molecule has 2 rings (SSSR count). The second kappa shape index (κ2) is 3.62. The van der Waals surface area contributed by atoms with Crippen molar-refractivity contribution in [3.05, 3.63) is 29.7 Å². The molecule has 0 amide bonds. The van der Waals surface area contributed by atoms with Gasteiger partial charge in [0.2, 0.25) is 0 Å². The van der Waals surface area contributed by atoms with Gasteiger partial charge in [0, 0.05) is 33.9 Å². The van der Waals surface area contributed by atoms with Crippen LogP contribution in [0.3, 0.4) is 0 Å². The van der Waals surface area contributed by atoms with Gasteiger partial charge < -0.3 is 4.98 Å². The van der Waals surface area contributed by atoms with E-state index in [1.807, 2.05) is 6.20 Å². The summed E-state index contributed by atoms with van der Waals surface area (Å²) in [6, 6.07) is 4.36. The van der Waals surface area contributed by atoms with E-state index >= 15 is 0 Å². The van der Waals surface area contributed by atoms with Crippen molar-refractivity contribution in [3.63, 3.8) is 0 Å². The van der Waals surface area contributed by atoms with E-state index in [0.29, 0.717) is 5.92 Å². The lowest BCUT2D eigenvalue weighted by atomic mass is 9.91. The van der Waals surface area contributed by atoms with Crippen molar-refractivity contribution in [2.45, 2.75) is 46.0 Å². The Morgan fingerprint density at radius 3 is 2.44 bits per heavy atom. The Labute approximate surface area is 97.1 Å². The molecule has 0 atom stereocenters. The zero-order valence-electron chi connectivity index (χ0n) is 10.8. The maximum absolute atomic E-state index is 4.53. The van der Waals surface area contributed by atoms with Crippen LogP contribution < -0.4 is 0 Å². The molecule has 2 heteroatoms. The fraction of sp³-hybridized carbons (Fsp3) is 0.500.